The van der Waals surface area contributed by atoms with Crippen LogP contribution >= 0.6 is 0 Å². The lowest BCUT2D eigenvalue weighted by Gasteiger charge is -2.08. The van der Waals surface area contributed by atoms with Crippen LogP contribution in [0.2, 0.25) is 0 Å². The fourth-order valence-corrected chi connectivity index (χ4v) is 2.39. The number of pyridine rings is 2. The van der Waals surface area contributed by atoms with Crippen LogP contribution in [0.15, 0.2) is 76.6 Å². The minimum absolute atomic E-state index is 0.0419. The van der Waals surface area contributed by atoms with Gasteiger partial charge in [-0.1, -0.05) is 30.3 Å². The molecule has 0 atom stereocenters. The largest absolute Gasteiger partial charge is 0.348 e. The number of carbonyl (C=O) groups excluding carboxylic acids is 1. The number of hydrogen-bond acceptors (Lipinski definition) is 3. The third kappa shape index (κ3) is 4.32. The summed E-state index contributed by atoms with van der Waals surface area (Å²) >= 11 is 0. The van der Waals surface area contributed by atoms with Crippen molar-refractivity contribution in [2.24, 2.45) is 0 Å². The topological polar surface area (TPSA) is 84.0 Å². The van der Waals surface area contributed by atoms with E-state index in [4.69, 9.17) is 0 Å². The quantitative estimate of drug-likeness (QED) is 0.741. The SMILES string of the molecule is O=C(NCc1ccc(Cn2ccccc2=O)cc1)c1ccc(=O)[nH]c1. The van der Waals surface area contributed by atoms with E-state index in [1.165, 1.54) is 24.4 Å². The first-order valence-electron chi connectivity index (χ1n) is 7.82. The zero-order valence-corrected chi connectivity index (χ0v) is 13.4. The molecule has 0 aliphatic rings. The first kappa shape index (κ1) is 16.4. The van der Waals surface area contributed by atoms with Gasteiger partial charge in [0.15, 0.2) is 0 Å². The second kappa shape index (κ2) is 7.44. The molecule has 0 unspecified atom stereocenters. The molecule has 0 saturated heterocycles. The minimum atomic E-state index is -0.254. The summed E-state index contributed by atoms with van der Waals surface area (Å²) in [4.78, 5) is 37.2. The molecule has 2 aromatic heterocycles. The number of aromatic nitrogens is 2. The van der Waals surface area contributed by atoms with Crippen molar-refractivity contribution in [2.45, 2.75) is 13.1 Å². The van der Waals surface area contributed by atoms with Gasteiger partial charge in [-0.05, 0) is 23.3 Å². The summed E-state index contributed by atoms with van der Waals surface area (Å²) in [6, 6.07) is 15.6. The summed E-state index contributed by atoms with van der Waals surface area (Å²) in [7, 11) is 0. The molecule has 126 valence electrons. The first-order valence-corrected chi connectivity index (χ1v) is 7.82. The van der Waals surface area contributed by atoms with E-state index in [-0.39, 0.29) is 17.0 Å². The molecular weight excluding hydrogens is 318 g/mol. The van der Waals surface area contributed by atoms with Gasteiger partial charge in [-0.3, -0.25) is 14.4 Å². The van der Waals surface area contributed by atoms with E-state index in [0.29, 0.717) is 18.7 Å². The van der Waals surface area contributed by atoms with E-state index in [2.05, 4.69) is 10.3 Å². The number of H-pyrrole nitrogens is 1. The molecule has 0 fully saturated rings. The Morgan fingerprint density at radius 1 is 0.960 bits per heavy atom. The van der Waals surface area contributed by atoms with E-state index in [0.717, 1.165) is 11.1 Å². The molecule has 6 heteroatoms. The van der Waals surface area contributed by atoms with Crippen molar-refractivity contribution in [3.8, 4) is 0 Å². The molecule has 25 heavy (non-hydrogen) atoms. The highest BCUT2D eigenvalue weighted by molar-refractivity contribution is 5.93. The third-order valence-electron chi connectivity index (χ3n) is 3.77. The van der Waals surface area contributed by atoms with Gasteiger partial charge in [0.05, 0.1) is 12.1 Å². The number of amides is 1. The lowest BCUT2D eigenvalue weighted by Crippen LogP contribution is -2.23. The maximum atomic E-state index is 12.0. The van der Waals surface area contributed by atoms with Crippen molar-refractivity contribution in [2.75, 3.05) is 0 Å². The summed E-state index contributed by atoms with van der Waals surface area (Å²) in [5, 5.41) is 2.80. The number of nitrogens with zero attached hydrogens (tertiary/aromatic N) is 1. The van der Waals surface area contributed by atoms with Gasteiger partial charge in [0, 0.05) is 31.1 Å². The maximum absolute atomic E-state index is 12.0. The minimum Gasteiger partial charge on any atom is -0.348 e. The van der Waals surface area contributed by atoms with Crippen LogP contribution in [-0.2, 0) is 13.1 Å². The van der Waals surface area contributed by atoms with Gasteiger partial charge >= 0.3 is 0 Å². The highest BCUT2D eigenvalue weighted by Crippen LogP contribution is 2.06. The van der Waals surface area contributed by atoms with E-state index in [9.17, 15) is 14.4 Å². The molecule has 2 N–H and O–H groups in total. The molecule has 0 aliphatic heterocycles. The molecule has 1 aromatic carbocycles. The Hall–Kier alpha value is -3.41. The normalized spacial score (nSPS) is 10.4. The molecule has 0 aliphatic carbocycles. The van der Waals surface area contributed by atoms with Gasteiger partial charge in [0.2, 0.25) is 5.56 Å². The second-order valence-corrected chi connectivity index (χ2v) is 5.61. The van der Waals surface area contributed by atoms with Crippen LogP contribution in [-0.4, -0.2) is 15.5 Å². The van der Waals surface area contributed by atoms with Gasteiger partial charge in [0.1, 0.15) is 0 Å². The number of aromatic amines is 1. The van der Waals surface area contributed by atoms with E-state index >= 15 is 0 Å². The Morgan fingerprint density at radius 2 is 1.72 bits per heavy atom. The van der Waals surface area contributed by atoms with Crippen LogP contribution in [0, 0.1) is 0 Å². The number of nitrogens with one attached hydrogen (secondary N) is 2. The van der Waals surface area contributed by atoms with Gasteiger partial charge in [-0.15, -0.1) is 0 Å². The van der Waals surface area contributed by atoms with Crippen LogP contribution in [0.5, 0.6) is 0 Å². The Morgan fingerprint density at radius 3 is 2.40 bits per heavy atom. The molecule has 0 spiro atoms. The van der Waals surface area contributed by atoms with Crippen molar-refractivity contribution in [1.82, 2.24) is 14.9 Å². The Bertz CT molecular complexity index is 967. The van der Waals surface area contributed by atoms with Crippen molar-refractivity contribution >= 4 is 5.91 Å². The van der Waals surface area contributed by atoms with Crippen molar-refractivity contribution in [3.05, 3.63) is 104 Å². The van der Waals surface area contributed by atoms with Crippen molar-refractivity contribution in [1.29, 1.82) is 0 Å². The van der Waals surface area contributed by atoms with E-state index in [1.807, 2.05) is 30.3 Å². The predicted octanol–water partition coefficient (Wildman–Crippen LogP) is 1.51. The third-order valence-corrected chi connectivity index (χ3v) is 3.77. The van der Waals surface area contributed by atoms with Crippen molar-refractivity contribution in [3.63, 3.8) is 0 Å². The molecule has 0 bridgehead atoms. The molecular formula is C19H17N3O3. The molecule has 0 saturated carbocycles. The van der Waals surface area contributed by atoms with Crippen LogP contribution in [0.4, 0.5) is 0 Å². The van der Waals surface area contributed by atoms with Crippen LogP contribution in [0.25, 0.3) is 0 Å². The van der Waals surface area contributed by atoms with Crippen LogP contribution in [0.3, 0.4) is 0 Å². The van der Waals surface area contributed by atoms with E-state index in [1.54, 1.807) is 16.8 Å². The van der Waals surface area contributed by atoms with E-state index < -0.39 is 0 Å². The fourth-order valence-electron chi connectivity index (χ4n) is 2.39. The summed E-state index contributed by atoms with van der Waals surface area (Å²) < 4.78 is 1.63. The number of carbonyl (C=O) groups is 1. The predicted molar refractivity (Wildman–Crippen MR) is 94.5 cm³/mol. The number of benzene rings is 1. The highest BCUT2D eigenvalue weighted by Gasteiger charge is 2.05. The zero-order valence-electron chi connectivity index (χ0n) is 13.4. The van der Waals surface area contributed by atoms with Gasteiger partial charge < -0.3 is 14.9 Å². The number of hydrogen-bond donors (Lipinski definition) is 2. The first-order chi connectivity index (χ1) is 12.1. The van der Waals surface area contributed by atoms with Gasteiger partial charge in [-0.25, -0.2) is 0 Å². The van der Waals surface area contributed by atoms with Crippen LogP contribution < -0.4 is 16.4 Å². The molecule has 6 nitrogen and oxygen atoms in total. The smallest absolute Gasteiger partial charge is 0.253 e. The Kier molecular flexibility index (Phi) is 4.89. The average molecular weight is 335 g/mol. The van der Waals surface area contributed by atoms with Gasteiger partial charge in [0.25, 0.3) is 11.5 Å². The molecule has 3 rings (SSSR count). The second-order valence-electron chi connectivity index (χ2n) is 5.61. The molecule has 3 aromatic rings. The average Bonchev–Trinajstić information content (AvgIpc) is 2.63. The standard InChI is InChI=1S/C19H17N3O3/c23-17-9-8-16(12-20-17)19(25)21-11-14-4-6-15(7-5-14)13-22-10-2-1-3-18(22)24/h1-10,12H,11,13H2,(H,20,23)(H,21,25). The van der Waals surface area contributed by atoms with Gasteiger partial charge in [-0.2, -0.15) is 0 Å². The maximum Gasteiger partial charge on any atom is 0.253 e. The zero-order chi connectivity index (χ0) is 17.6. The van der Waals surface area contributed by atoms with Crippen LogP contribution in [0.1, 0.15) is 21.5 Å². The lowest BCUT2D eigenvalue weighted by molar-refractivity contribution is 0.0950. The number of rotatable bonds is 5. The fraction of sp³-hybridized carbons (Fsp3) is 0.105. The Balaban J connectivity index is 1.60. The lowest BCUT2D eigenvalue weighted by atomic mass is 10.1. The highest BCUT2D eigenvalue weighted by atomic mass is 16.2. The summed E-state index contributed by atoms with van der Waals surface area (Å²) in [5.74, 6) is -0.254. The summed E-state index contributed by atoms with van der Waals surface area (Å²) in [6.07, 6.45) is 3.14. The van der Waals surface area contributed by atoms with Crippen molar-refractivity contribution < 1.29 is 4.79 Å². The Labute approximate surface area is 143 Å². The monoisotopic (exact) mass is 335 g/mol. The molecule has 2 heterocycles. The molecule has 1 amide bonds. The summed E-state index contributed by atoms with van der Waals surface area (Å²) in [6.45, 7) is 0.882. The molecule has 0 radical (unpaired) electrons. The summed E-state index contributed by atoms with van der Waals surface area (Å²) in [5.41, 5.74) is 2.06.